The monoisotopic (exact) mass is 356 g/mol. The number of phenols is 1. The summed E-state index contributed by atoms with van der Waals surface area (Å²) in [5.41, 5.74) is 7.18. The standard InChI is InChI=1S/C17H16N4O3S/c18-19-17(25)21-20-13(12-7-3-4-8-14(12)22)9-15-10-5-1-2-6-11(10)16(23)24-15/h1-8,15,22H,9,18H2,(H2,19,21,25)/b20-13-. The third kappa shape index (κ3) is 3.59. The van der Waals surface area contributed by atoms with Crippen LogP contribution in [0.1, 0.15) is 34.0 Å². The van der Waals surface area contributed by atoms with Crippen LogP contribution in [-0.2, 0) is 4.74 Å². The number of ether oxygens (including phenoxy) is 1. The predicted molar refractivity (Wildman–Crippen MR) is 96.9 cm³/mol. The average Bonchev–Trinajstić information content (AvgIpc) is 2.95. The lowest BCUT2D eigenvalue weighted by Gasteiger charge is -2.14. The number of carbonyl (C=O) groups is 1. The molecule has 0 fully saturated rings. The van der Waals surface area contributed by atoms with E-state index in [1.165, 1.54) is 0 Å². The molecular formula is C17H16N4O3S. The molecule has 1 heterocycles. The molecule has 2 aromatic rings. The largest absolute Gasteiger partial charge is 0.507 e. The van der Waals surface area contributed by atoms with E-state index in [9.17, 15) is 9.90 Å². The highest BCUT2D eigenvalue weighted by molar-refractivity contribution is 7.80. The Bertz CT molecular complexity index is 853. The summed E-state index contributed by atoms with van der Waals surface area (Å²) >= 11 is 4.92. The molecule has 1 unspecified atom stereocenters. The SMILES string of the molecule is NNC(=S)N/N=C(/CC1OC(=O)c2ccccc21)c1ccccc1O. The van der Waals surface area contributed by atoms with Crippen molar-refractivity contribution in [1.29, 1.82) is 0 Å². The summed E-state index contributed by atoms with van der Waals surface area (Å²) in [5, 5.41) is 14.5. The molecule has 0 aliphatic carbocycles. The van der Waals surface area contributed by atoms with Gasteiger partial charge in [-0.1, -0.05) is 30.3 Å². The summed E-state index contributed by atoms with van der Waals surface area (Å²) in [6.45, 7) is 0. The number of phenolic OH excluding ortho intramolecular Hbond substituents is 1. The van der Waals surface area contributed by atoms with Crippen LogP contribution >= 0.6 is 12.2 Å². The maximum atomic E-state index is 12.0. The van der Waals surface area contributed by atoms with Crippen LogP contribution in [0.5, 0.6) is 5.75 Å². The Morgan fingerprint density at radius 3 is 2.72 bits per heavy atom. The van der Waals surface area contributed by atoms with Crippen LogP contribution in [0.15, 0.2) is 53.6 Å². The number of fused-ring (bicyclic) bond motifs is 1. The van der Waals surface area contributed by atoms with Crippen LogP contribution in [0.2, 0.25) is 0 Å². The van der Waals surface area contributed by atoms with Crippen molar-refractivity contribution in [2.45, 2.75) is 12.5 Å². The minimum atomic E-state index is -0.497. The normalized spacial score (nSPS) is 16.1. The number of nitrogens with one attached hydrogen (secondary N) is 2. The third-order valence-corrected chi connectivity index (χ3v) is 4.00. The molecule has 128 valence electrons. The van der Waals surface area contributed by atoms with Gasteiger partial charge in [0.1, 0.15) is 11.9 Å². The molecule has 3 rings (SSSR count). The second kappa shape index (κ2) is 7.29. The van der Waals surface area contributed by atoms with Crippen molar-refractivity contribution in [3.63, 3.8) is 0 Å². The maximum Gasteiger partial charge on any atom is 0.339 e. The lowest BCUT2D eigenvalue weighted by Crippen LogP contribution is -2.37. The van der Waals surface area contributed by atoms with Crippen molar-refractivity contribution in [3.8, 4) is 5.75 Å². The van der Waals surface area contributed by atoms with E-state index in [1.54, 1.807) is 36.4 Å². The Kier molecular flexibility index (Phi) is 4.92. The fourth-order valence-electron chi connectivity index (χ4n) is 2.63. The fourth-order valence-corrected chi connectivity index (χ4v) is 2.68. The van der Waals surface area contributed by atoms with Crippen LogP contribution in [0.25, 0.3) is 0 Å². The van der Waals surface area contributed by atoms with Gasteiger partial charge in [0, 0.05) is 17.5 Å². The Hall–Kier alpha value is -2.97. The summed E-state index contributed by atoms with van der Waals surface area (Å²) in [5.74, 6) is 4.92. The van der Waals surface area contributed by atoms with Crippen LogP contribution in [0, 0.1) is 0 Å². The van der Waals surface area contributed by atoms with Crippen molar-refractivity contribution in [3.05, 3.63) is 65.2 Å². The van der Waals surface area contributed by atoms with Gasteiger partial charge in [0.25, 0.3) is 0 Å². The smallest absolute Gasteiger partial charge is 0.339 e. The number of thiocarbonyl (C=S) groups is 1. The van der Waals surface area contributed by atoms with Gasteiger partial charge in [0.05, 0.1) is 11.3 Å². The lowest BCUT2D eigenvalue weighted by atomic mass is 9.97. The van der Waals surface area contributed by atoms with Gasteiger partial charge in [-0.15, -0.1) is 0 Å². The molecule has 0 spiro atoms. The van der Waals surface area contributed by atoms with Crippen molar-refractivity contribution in [2.75, 3.05) is 0 Å². The first kappa shape index (κ1) is 16.9. The molecule has 7 nitrogen and oxygen atoms in total. The number of hydrazone groups is 1. The number of hydrazine groups is 1. The van der Waals surface area contributed by atoms with Crippen LogP contribution in [0.3, 0.4) is 0 Å². The van der Waals surface area contributed by atoms with Gasteiger partial charge < -0.3 is 9.84 Å². The third-order valence-electron chi connectivity index (χ3n) is 3.79. The van der Waals surface area contributed by atoms with Gasteiger partial charge >= 0.3 is 5.97 Å². The molecule has 0 aromatic heterocycles. The molecule has 1 atom stereocenters. The minimum absolute atomic E-state index is 0.0623. The van der Waals surface area contributed by atoms with Gasteiger partial charge in [-0.25, -0.2) is 10.6 Å². The number of nitrogens with zero attached hydrogens (tertiary/aromatic N) is 1. The summed E-state index contributed by atoms with van der Waals surface area (Å²) in [6, 6.07) is 14.0. The first-order valence-electron chi connectivity index (χ1n) is 7.51. The molecule has 0 radical (unpaired) electrons. The van der Waals surface area contributed by atoms with E-state index in [4.69, 9.17) is 22.8 Å². The summed E-state index contributed by atoms with van der Waals surface area (Å²) in [4.78, 5) is 12.0. The summed E-state index contributed by atoms with van der Waals surface area (Å²) in [6.07, 6.45) is -0.233. The molecule has 1 aliphatic heterocycles. The molecule has 0 saturated heterocycles. The topological polar surface area (TPSA) is 109 Å². The van der Waals surface area contributed by atoms with E-state index in [-0.39, 0.29) is 23.3 Å². The highest BCUT2D eigenvalue weighted by Crippen LogP contribution is 2.34. The van der Waals surface area contributed by atoms with E-state index in [0.29, 0.717) is 16.8 Å². The average molecular weight is 356 g/mol. The van der Waals surface area contributed by atoms with E-state index in [2.05, 4.69) is 16.0 Å². The fraction of sp³-hybridized carbons (Fsp3) is 0.118. The van der Waals surface area contributed by atoms with E-state index in [0.717, 1.165) is 5.56 Å². The number of para-hydroxylation sites is 1. The first-order valence-corrected chi connectivity index (χ1v) is 7.92. The van der Waals surface area contributed by atoms with E-state index in [1.807, 2.05) is 12.1 Å². The van der Waals surface area contributed by atoms with Gasteiger partial charge in [0.15, 0.2) is 0 Å². The second-order valence-corrected chi connectivity index (χ2v) is 5.75. The zero-order valence-electron chi connectivity index (χ0n) is 13.1. The summed E-state index contributed by atoms with van der Waals surface area (Å²) < 4.78 is 5.45. The number of hydrogen-bond donors (Lipinski definition) is 4. The lowest BCUT2D eigenvalue weighted by molar-refractivity contribution is 0.0400. The molecule has 25 heavy (non-hydrogen) atoms. The predicted octanol–water partition coefficient (Wildman–Crippen LogP) is 1.74. The van der Waals surface area contributed by atoms with Gasteiger partial charge in [0.2, 0.25) is 5.11 Å². The first-order chi connectivity index (χ1) is 12.1. The highest BCUT2D eigenvalue weighted by atomic mass is 32.1. The number of nitrogens with two attached hydrogens (primary N) is 1. The highest BCUT2D eigenvalue weighted by Gasteiger charge is 2.32. The number of rotatable bonds is 4. The molecule has 1 aliphatic rings. The number of benzene rings is 2. The number of esters is 1. The van der Waals surface area contributed by atoms with Gasteiger partial charge in [-0.2, -0.15) is 5.10 Å². The zero-order valence-corrected chi connectivity index (χ0v) is 13.9. The van der Waals surface area contributed by atoms with Gasteiger partial charge in [-0.05, 0) is 30.4 Å². The molecule has 0 amide bonds. The van der Waals surface area contributed by atoms with Gasteiger partial charge in [-0.3, -0.25) is 10.9 Å². The number of carbonyl (C=O) groups excluding carboxylic acids is 1. The molecule has 0 bridgehead atoms. The van der Waals surface area contributed by atoms with Crippen LogP contribution < -0.4 is 16.7 Å². The van der Waals surface area contributed by atoms with Crippen molar-refractivity contribution in [1.82, 2.24) is 10.9 Å². The molecule has 2 aromatic carbocycles. The van der Waals surface area contributed by atoms with Crippen LogP contribution in [0.4, 0.5) is 0 Å². The zero-order chi connectivity index (χ0) is 17.8. The summed E-state index contributed by atoms with van der Waals surface area (Å²) in [7, 11) is 0. The Morgan fingerprint density at radius 1 is 1.24 bits per heavy atom. The quantitative estimate of drug-likeness (QED) is 0.217. The number of hydrogen-bond acceptors (Lipinski definition) is 6. The van der Waals surface area contributed by atoms with Crippen LogP contribution in [-0.4, -0.2) is 21.9 Å². The Labute approximate surface area is 149 Å². The minimum Gasteiger partial charge on any atom is -0.507 e. The Balaban J connectivity index is 1.93. The second-order valence-electron chi connectivity index (χ2n) is 5.35. The molecular weight excluding hydrogens is 340 g/mol. The molecule has 8 heteroatoms. The van der Waals surface area contributed by atoms with Crippen molar-refractivity contribution < 1.29 is 14.6 Å². The number of aromatic hydroxyl groups is 1. The van der Waals surface area contributed by atoms with E-state index < -0.39 is 6.10 Å². The van der Waals surface area contributed by atoms with E-state index >= 15 is 0 Å². The number of cyclic esters (lactones) is 1. The maximum absolute atomic E-state index is 12.0. The molecule has 0 saturated carbocycles. The molecule has 5 N–H and O–H groups in total. The van der Waals surface area contributed by atoms with Crippen molar-refractivity contribution in [2.24, 2.45) is 10.9 Å². The Morgan fingerprint density at radius 2 is 1.96 bits per heavy atom. The van der Waals surface area contributed by atoms with Crippen molar-refractivity contribution >= 4 is 29.0 Å².